The summed E-state index contributed by atoms with van der Waals surface area (Å²) in [6.45, 7) is 2.86. The monoisotopic (exact) mass is 254 g/mol. The fourth-order valence-electron chi connectivity index (χ4n) is 1.88. The standard InChI is InChI=1S/C11H18N4O3/c1-7(8-5-4-6-18-8)12-9-13-10(16-2)15-11(14-9)17-3/h7-8H,4-6H2,1-3H3,(H,12,13,14,15). The lowest BCUT2D eigenvalue weighted by atomic mass is 10.1. The van der Waals surface area contributed by atoms with Crippen LogP contribution in [-0.2, 0) is 4.74 Å². The molecule has 0 aromatic carbocycles. The summed E-state index contributed by atoms with van der Waals surface area (Å²) in [7, 11) is 3.00. The predicted octanol–water partition coefficient (Wildman–Crippen LogP) is 0.868. The number of aromatic nitrogens is 3. The molecule has 1 aromatic rings. The van der Waals surface area contributed by atoms with Gasteiger partial charge in [0, 0.05) is 6.61 Å². The first kappa shape index (κ1) is 12.8. The van der Waals surface area contributed by atoms with E-state index in [1.807, 2.05) is 6.92 Å². The molecular formula is C11H18N4O3. The van der Waals surface area contributed by atoms with Gasteiger partial charge in [-0.25, -0.2) is 0 Å². The van der Waals surface area contributed by atoms with Gasteiger partial charge in [0.1, 0.15) is 0 Å². The van der Waals surface area contributed by atoms with Crippen LogP contribution in [0.2, 0.25) is 0 Å². The van der Waals surface area contributed by atoms with Crippen molar-refractivity contribution in [1.82, 2.24) is 15.0 Å². The molecule has 1 N–H and O–H groups in total. The normalized spacial score (nSPS) is 20.5. The van der Waals surface area contributed by atoms with Gasteiger partial charge in [-0.15, -0.1) is 4.98 Å². The molecule has 2 atom stereocenters. The zero-order chi connectivity index (χ0) is 13.0. The van der Waals surface area contributed by atoms with Crippen LogP contribution >= 0.6 is 0 Å². The molecule has 100 valence electrons. The van der Waals surface area contributed by atoms with E-state index < -0.39 is 0 Å². The van der Waals surface area contributed by atoms with Crippen LogP contribution in [0.25, 0.3) is 0 Å². The number of methoxy groups -OCH3 is 2. The minimum absolute atomic E-state index is 0.129. The third-order valence-corrected chi connectivity index (χ3v) is 2.84. The fourth-order valence-corrected chi connectivity index (χ4v) is 1.88. The fraction of sp³-hybridized carbons (Fsp3) is 0.727. The van der Waals surface area contributed by atoms with Gasteiger partial charge in [0.2, 0.25) is 5.95 Å². The van der Waals surface area contributed by atoms with E-state index in [-0.39, 0.29) is 24.2 Å². The highest BCUT2D eigenvalue weighted by Crippen LogP contribution is 2.19. The van der Waals surface area contributed by atoms with Crippen LogP contribution in [0.15, 0.2) is 0 Å². The van der Waals surface area contributed by atoms with Crippen LogP contribution in [0.4, 0.5) is 5.95 Å². The summed E-state index contributed by atoms with van der Waals surface area (Å²) < 4.78 is 15.6. The van der Waals surface area contributed by atoms with Crippen LogP contribution in [0.3, 0.4) is 0 Å². The number of nitrogens with zero attached hydrogens (tertiary/aromatic N) is 3. The van der Waals surface area contributed by atoms with Gasteiger partial charge in [-0.1, -0.05) is 0 Å². The third kappa shape index (κ3) is 2.98. The first-order valence-electron chi connectivity index (χ1n) is 5.95. The van der Waals surface area contributed by atoms with Crippen molar-refractivity contribution in [3.05, 3.63) is 0 Å². The summed E-state index contributed by atoms with van der Waals surface area (Å²) in [5, 5.41) is 3.19. The Labute approximate surface area is 106 Å². The minimum atomic E-state index is 0.129. The maximum atomic E-state index is 5.60. The van der Waals surface area contributed by atoms with Crippen molar-refractivity contribution in [2.24, 2.45) is 0 Å². The van der Waals surface area contributed by atoms with E-state index in [1.165, 1.54) is 14.2 Å². The first-order valence-corrected chi connectivity index (χ1v) is 5.95. The largest absolute Gasteiger partial charge is 0.467 e. The molecule has 0 bridgehead atoms. The smallest absolute Gasteiger partial charge is 0.324 e. The lowest BCUT2D eigenvalue weighted by Gasteiger charge is -2.19. The van der Waals surface area contributed by atoms with E-state index in [0.29, 0.717) is 5.95 Å². The van der Waals surface area contributed by atoms with Crippen LogP contribution in [0, 0.1) is 0 Å². The van der Waals surface area contributed by atoms with Gasteiger partial charge in [-0.3, -0.25) is 0 Å². The van der Waals surface area contributed by atoms with Gasteiger partial charge in [0.25, 0.3) is 0 Å². The number of anilines is 1. The highest BCUT2D eigenvalue weighted by Gasteiger charge is 2.23. The molecule has 7 nitrogen and oxygen atoms in total. The first-order chi connectivity index (χ1) is 8.72. The average Bonchev–Trinajstić information content (AvgIpc) is 2.92. The number of hydrogen-bond donors (Lipinski definition) is 1. The number of hydrogen-bond acceptors (Lipinski definition) is 7. The maximum absolute atomic E-state index is 5.60. The Morgan fingerprint density at radius 3 is 2.39 bits per heavy atom. The third-order valence-electron chi connectivity index (χ3n) is 2.84. The van der Waals surface area contributed by atoms with Crippen LogP contribution in [0.5, 0.6) is 12.0 Å². The molecule has 0 aliphatic carbocycles. The maximum Gasteiger partial charge on any atom is 0.324 e. The molecule has 0 radical (unpaired) electrons. The van der Waals surface area contributed by atoms with E-state index in [0.717, 1.165) is 19.4 Å². The molecule has 18 heavy (non-hydrogen) atoms. The van der Waals surface area contributed by atoms with Gasteiger partial charge >= 0.3 is 12.0 Å². The minimum Gasteiger partial charge on any atom is -0.467 e. The topological polar surface area (TPSA) is 78.4 Å². The van der Waals surface area contributed by atoms with Crippen molar-refractivity contribution >= 4 is 5.95 Å². The van der Waals surface area contributed by atoms with Crippen molar-refractivity contribution in [3.8, 4) is 12.0 Å². The Balaban J connectivity index is 2.07. The molecular weight excluding hydrogens is 236 g/mol. The molecule has 0 saturated carbocycles. The lowest BCUT2D eigenvalue weighted by Crippen LogP contribution is -2.30. The van der Waals surface area contributed by atoms with Gasteiger partial charge < -0.3 is 19.5 Å². The lowest BCUT2D eigenvalue weighted by molar-refractivity contribution is 0.0994. The van der Waals surface area contributed by atoms with Crippen LogP contribution in [0.1, 0.15) is 19.8 Å². The molecule has 1 aliphatic rings. The Kier molecular flexibility index (Phi) is 4.14. The summed E-state index contributed by atoms with van der Waals surface area (Å²) in [5.74, 6) is 0.432. The summed E-state index contributed by atoms with van der Waals surface area (Å²) in [6.07, 6.45) is 2.34. The van der Waals surface area contributed by atoms with Crippen molar-refractivity contribution in [3.63, 3.8) is 0 Å². The molecule has 1 fully saturated rings. The van der Waals surface area contributed by atoms with Gasteiger partial charge in [0.05, 0.1) is 26.4 Å². The highest BCUT2D eigenvalue weighted by molar-refractivity contribution is 5.29. The molecule has 1 aromatic heterocycles. The average molecular weight is 254 g/mol. The Hall–Kier alpha value is -1.63. The van der Waals surface area contributed by atoms with E-state index in [2.05, 4.69) is 20.3 Å². The van der Waals surface area contributed by atoms with Crippen LogP contribution in [-0.4, -0.2) is 47.9 Å². The van der Waals surface area contributed by atoms with E-state index in [9.17, 15) is 0 Å². The molecule has 7 heteroatoms. The zero-order valence-corrected chi connectivity index (χ0v) is 10.8. The summed E-state index contributed by atoms with van der Waals surface area (Å²) in [4.78, 5) is 12.2. The van der Waals surface area contributed by atoms with E-state index >= 15 is 0 Å². The van der Waals surface area contributed by atoms with Crippen molar-refractivity contribution < 1.29 is 14.2 Å². The van der Waals surface area contributed by atoms with E-state index in [4.69, 9.17) is 14.2 Å². The molecule has 0 spiro atoms. The van der Waals surface area contributed by atoms with Crippen molar-refractivity contribution in [1.29, 1.82) is 0 Å². The number of ether oxygens (including phenoxy) is 3. The number of nitrogens with one attached hydrogen (secondary N) is 1. The Morgan fingerprint density at radius 1 is 1.22 bits per heavy atom. The predicted molar refractivity (Wildman–Crippen MR) is 65.0 cm³/mol. The second-order valence-corrected chi connectivity index (χ2v) is 4.12. The summed E-state index contributed by atoms with van der Waals surface area (Å²) in [6, 6.07) is 0.581. The highest BCUT2D eigenvalue weighted by atomic mass is 16.5. The second-order valence-electron chi connectivity index (χ2n) is 4.12. The molecule has 0 amide bonds. The summed E-state index contributed by atoms with van der Waals surface area (Å²) >= 11 is 0. The Morgan fingerprint density at radius 2 is 1.89 bits per heavy atom. The van der Waals surface area contributed by atoms with Crippen molar-refractivity contribution in [2.45, 2.75) is 31.9 Å². The molecule has 1 aliphatic heterocycles. The Bertz CT molecular complexity index is 374. The van der Waals surface area contributed by atoms with Crippen molar-refractivity contribution in [2.75, 3.05) is 26.1 Å². The van der Waals surface area contributed by atoms with Gasteiger partial charge in [0.15, 0.2) is 0 Å². The van der Waals surface area contributed by atoms with E-state index in [1.54, 1.807) is 0 Å². The van der Waals surface area contributed by atoms with Gasteiger partial charge in [-0.2, -0.15) is 9.97 Å². The number of rotatable bonds is 5. The van der Waals surface area contributed by atoms with Gasteiger partial charge in [-0.05, 0) is 19.8 Å². The zero-order valence-electron chi connectivity index (χ0n) is 10.8. The van der Waals surface area contributed by atoms with Crippen LogP contribution < -0.4 is 14.8 Å². The SMILES string of the molecule is COc1nc(NC(C)C2CCCO2)nc(OC)n1. The summed E-state index contributed by atoms with van der Waals surface area (Å²) in [5.41, 5.74) is 0. The molecule has 2 heterocycles. The molecule has 1 saturated heterocycles. The molecule has 2 rings (SSSR count). The quantitative estimate of drug-likeness (QED) is 0.835. The second kappa shape index (κ2) is 5.81. The molecule has 2 unspecified atom stereocenters.